The van der Waals surface area contributed by atoms with Gasteiger partial charge >= 0.3 is 0 Å². The van der Waals surface area contributed by atoms with Crippen LogP contribution in [0.3, 0.4) is 0 Å². The van der Waals surface area contributed by atoms with Crippen LogP contribution in [0.1, 0.15) is 70.6 Å². The van der Waals surface area contributed by atoms with Gasteiger partial charge in [-0.05, 0) is 86.9 Å². The van der Waals surface area contributed by atoms with E-state index in [0.717, 1.165) is 35.5 Å². The fourth-order valence-electron chi connectivity index (χ4n) is 6.49. The van der Waals surface area contributed by atoms with Crippen LogP contribution >= 0.6 is 0 Å². The molecule has 0 amide bonds. The minimum atomic E-state index is 0.530. The van der Waals surface area contributed by atoms with E-state index in [1.807, 2.05) is 0 Å². The van der Waals surface area contributed by atoms with Gasteiger partial charge in [0.2, 0.25) is 0 Å². The highest BCUT2D eigenvalue weighted by Crippen LogP contribution is 2.57. The van der Waals surface area contributed by atoms with Crippen LogP contribution in [0, 0.1) is 35.5 Å². The van der Waals surface area contributed by atoms with Crippen molar-refractivity contribution in [3.8, 4) is 0 Å². The molecule has 5 aliphatic carbocycles. The molecule has 1 atom stereocenters. The molecule has 0 aromatic rings. The summed E-state index contributed by atoms with van der Waals surface area (Å²) in [6.07, 6.45) is 16.4. The molecule has 0 aliphatic heterocycles. The molecule has 0 radical (unpaired) electrons. The van der Waals surface area contributed by atoms with Crippen molar-refractivity contribution in [3.63, 3.8) is 0 Å². The Hall–Kier alpha value is -0.0400. The van der Waals surface area contributed by atoms with Gasteiger partial charge in [-0.2, -0.15) is 0 Å². The molecular formula is C18H31N. The lowest BCUT2D eigenvalue weighted by atomic mass is 9.51. The third kappa shape index (κ3) is 2.37. The lowest BCUT2D eigenvalue weighted by Gasteiger charge is -2.55. The van der Waals surface area contributed by atoms with E-state index < -0.39 is 0 Å². The second-order valence-corrected chi connectivity index (χ2v) is 8.39. The van der Waals surface area contributed by atoms with Crippen molar-refractivity contribution in [1.29, 1.82) is 0 Å². The van der Waals surface area contributed by atoms with Gasteiger partial charge in [0.05, 0.1) is 0 Å². The van der Waals surface area contributed by atoms with Gasteiger partial charge in [0.1, 0.15) is 0 Å². The summed E-state index contributed by atoms with van der Waals surface area (Å²) in [7, 11) is 0. The van der Waals surface area contributed by atoms with E-state index in [0.29, 0.717) is 6.04 Å². The van der Waals surface area contributed by atoms with E-state index >= 15 is 0 Å². The van der Waals surface area contributed by atoms with Crippen molar-refractivity contribution >= 4 is 0 Å². The molecule has 1 unspecified atom stereocenters. The molecular weight excluding hydrogens is 230 g/mol. The predicted molar refractivity (Wildman–Crippen MR) is 79.7 cm³/mol. The summed E-state index contributed by atoms with van der Waals surface area (Å²) in [5.41, 5.74) is 6.63. The van der Waals surface area contributed by atoms with E-state index in [2.05, 4.69) is 0 Å². The number of hydrogen-bond acceptors (Lipinski definition) is 1. The first-order chi connectivity index (χ1) is 9.29. The quantitative estimate of drug-likeness (QED) is 0.802. The van der Waals surface area contributed by atoms with Crippen LogP contribution in [0.2, 0.25) is 0 Å². The second-order valence-electron chi connectivity index (χ2n) is 8.39. The molecule has 4 bridgehead atoms. The average molecular weight is 261 g/mol. The van der Waals surface area contributed by atoms with Crippen molar-refractivity contribution in [2.75, 3.05) is 0 Å². The molecule has 19 heavy (non-hydrogen) atoms. The van der Waals surface area contributed by atoms with Crippen LogP contribution in [-0.4, -0.2) is 6.04 Å². The summed E-state index contributed by atoms with van der Waals surface area (Å²) < 4.78 is 0. The first-order valence-corrected chi connectivity index (χ1v) is 9.05. The van der Waals surface area contributed by atoms with Gasteiger partial charge < -0.3 is 5.73 Å². The second kappa shape index (κ2) is 5.06. The zero-order valence-corrected chi connectivity index (χ0v) is 12.4. The van der Waals surface area contributed by atoms with Crippen LogP contribution in [0.25, 0.3) is 0 Å². The molecule has 0 aromatic heterocycles. The summed E-state index contributed by atoms with van der Waals surface area (Å²) in [6.45, 7) is 0. The van der Waals surface area contributed by atoms with Gasteiger partial charge in [-0.1, -0.05) is 19.3 Å². The van der Waals surface area contributed by atoms with E-state index in [1.54, 1.807) is 32.1 Å². The Bertz CT molecular complexity index is 290. The summed E-state index contributed by atoms with van der Waals surface area (Å²) in [5, 5.41) is 0. The maximum absolute atomic E-state index is 6.63. The van der Waals surface area contributed by atoms with E-state index in [1.165, 1.54) is 38.5 Å². The maximum Gasteiger partial charge on any atom is 0.00700 e. The molecule has 5 saturated carbocycles. The molecule has 2 N–H and O–H groups in total. The van der Waals surface area contributed by atoms with E-state index in [-0.39, 0.29) is 0 Å². The lowest BCUT2D eigenvalue weighted by Crippen LogP contribution is -2.47. The standard InChI is InChI=1S/C18H31N/c19-18(14-4-2-1-3-5-14)11-17-15-7-12-6-13(9-15)10-16(17)8-12/h12-18H,1-11,19H2. The molecule has 108 valence electrons. The van der Waals surface area contributed by atoms with E-state index in [4.69, 9.17) is 5.73 Å². The number of nitrogens with two attached hydrogens (primary N) is 1. The summed E-state index contributed by atoms with van der Waals surface area (Å²) in [4.78, 5) is 0. The Morgan fingerprint density at radius 2 is 1.37 bits per heavy atom. The fourth-order valence-corrected chi connectivity index (χ4v) is 6.49. The summed E-state index contributed by atoms with van der Waals surface area (Å²) >= 11 is 0. The SMILES string of the molecule is NC(CC1C2CC3CC(C2)CC1C3)C1CCCCC1. The average Bonchev–Trinajstić information content (AvgIpc) is 2.43. The molecule has 0 saturated heterocycles. The highest BCUT2D eigenvalue weighted by atomic mass is 14.7. The zero-order valence-electron chi connectivity index (χ0n) is 12.4. The summed E-state index contributed by atoms with van der Waals surface area (Å²) in [6, 6.07) is 0.530. The third-order valence-electron chi connectivity index (χ3n) is 7.22. The van der Waals surface area contributed by atoms with Gasteiger partial charge in [0, 0.05) is 6.04 Å². The van der Waals surface area contributed by atoms with Crippen molar-refractivity contribution in [1.82, 2.24) is 0 Å². The van der Waals surface area contributed by atoms with Gasteiger partial charge in [0.15, 0.2) is 0 Å². The van der Waals surface area contributed by atoms with E-state index in [9.17, 15) is 0 Å². The Kier molecular flexibility index (Phi) is 3.38. The highest BCUT2D eigenvalue weighted by molar-refractivity contribution is 4.99. The van der Waals surface area contributed by atoms with Crippen LogP contribution in [-0.2, 0) is 0 Å². The summed E-state index contributed by atoms with van der Waals surface area (Å²) in [5.74, 6) is 6.27. The first-order valence-electron chi connectivity index (χ1n) is 9.05. The van der Waals surface area contributed by atoms with Gasteiger partial charge in [-0.3, -0.25) is 0 Å². The molecule has 0 spiro atoms. The zero-order chi connectivity index (χ0) is 12.8. The largest absolute Gasteiger partial charge is 0.327 e. The van der Waals surface area contributed by atoms with Crippen LogP contribution in [0.5, 0.6) is 0 Å². The smallest absolute Gasteiger partial charge is 0.00700 e. The molecule has 5 rings (SSSR count). The Morgan fingerprint density at radius 3 is 1.95 bits per heavy atom. The lowest BCUT2D eigenvalue weighted by molar-refractivity contribution is -0.0444. The molecule has 5 fully saturated rings. The molecule has 0 heterocycles. The highest BCUT2D eigenvalue weighted by Gasteiger charge is 2.48. The normalized spacial score (nSPS) is 47.5. The van der Waals surface area contributed by atoms with Crippen molar-refractivity contribution in [3.05, 3.63) is 0 Å². The number of rotatable bonds is 3. The Labute approximate surface area is 118 Å². The first kappa shape index (κ1) is 12.7. The van der Waals surface area contributed by atoms with Crippen molar-refractivity contribution in [2.24, 2.45) is 41.2 Å². The van der Waals surface area contributed by atoms with Crippen molar-refractivity contribution in [2.45, 2.75) is 76.7 Å². The van der Waals surface area contributed by atoms with Gasteiger partial charge in [-0.25, -0.2) is 0 Å². The van der Waals surface area contributed by atoms with Crippen LogP contribution in [0.4, 0.5) is 0 Å². The molecule has 5 aliphatic rings. The predicted octanol–water partition coefficient (Wildman–Crippen LogP) is 4.36. The van der Waals surface area contributed by atoms with Gasteiger partial charge in [0.25, 0.3) is 0 Å². The minimum Gasteiger partial charge on any atom is -0.327 e. The number of hydrogen-bond donors (Lipinski definition) is 1. The molecule has 1 nitrogen and oxygen atoms in total. The topological polar surface area (TPSA) is 26.0 Å². The van der Waals surface area contributed by atoms with Crippen LogP contribution < -0.4 is 5.73 Å². The molecule has 0 aromatic carbocycles. The monoisotopic (exact) mass is 261 g/mol. The maximum atomic E-state index is 6.63. The van der Waals surface area contributed by atoms with Crippen molar-refractivity contribution < 1.29 is 0 Å². The Balaban J connectivity index is 1.39. The van der Waals surface area contributed by atoms with Crippen LogP contribution in [0.15, 0.2) is 0 Å². The minimum absolute atomic E-state index is 0.530. The molecule has 1 heteroatoms. The van der Waals surface area contributed by atoms with Gasteiger partial charge in [-0.15, -0.1) is 0 Å². The fraction of sp³-hybridized carbons (Fsp3) is 1.00. The Morgan fingerprint density at radius 1 is 0.789 bits per heavy atom. The third-order valence-corrected chi connectivity index (χ3v) is 7.22.